The Hall–Kier alpha value is -1.28. The van der Waals surface area contributed by atoms with Gasteiger partial charge in [-0.2, -0.15) is 0 Å². The van der Waals surface area contributed by atoms with Gasteiger partial charge in [-0.25, -0.2) is 9.78 Å². The van der Waals surface area contributed by atoms with Gasteiger partial charge in [-0.1, -0.05) is 0 Å². The Bertz CT molecular complexity index is 509. The first-order valence-corrected chi connectivity index (χ1v) is 8.23. The average Bonchev–Trinajstić information content (AvgIpc) is 2.98. The number of carboxylic acid groups (broad SMARTS) is 1. The molecule has 2 rings (SSSR count). The number of aromatic carboxylic acids is 1. The van der Waals surface area contributed by atoms with Crippen molar-refractivity contribution in [2.45, 2.75) is 18.6 Å². The number of carbonyl (C=O) groups excluding carboxylic acids is 1. The first-order chi connectivity index (χ1) is 9.06. The Kier molecular flexibility index (Phi) is 4.65. The summed E-state index contributed by atoms with van der Waals surface area (Å²) in [5.41, 5.74) is 0.468. The first-order valence-electron chi connectivity index (χ1n) is 5.86. The second kappa shape index (κ2) is 6.25. The van der Waals surface area contributed by atoms with Gasteiger partial charge in [0.25, 0.3) is 0 Å². The molecule has 1 atom stereocenters. The van der Waals surface area contributed by atoms with Gasteiger partial charge in [0.05, 0.1) is 11.4 Å². The number of thiazole rings is 1. The standard InChI is InChI=1S/C11H14N2O4S2/c14-9(13-3-1-2-4-13)7-19(17)6-8-5-18-10(12-8)11(15)16/h5H,1-4,6-7H2,(H,15,16). The lowest BCUT2D eigenvalue weighted by Gasteiger charge is -2.14. The van der Waals surface area contributed by atoms with Crippen molar-refractivity contribution in [3.05, 3.63) is 16.1 Å². The highest BCUT2D eigenvalue weighted by Gasteiger charge is 2.20. The third-order valence-corrected chi connectivity index (χ3v) is 4.85. The minimum atomic E-state index is -1.34. The summed E-state index contributed by atoms with van der Waals surface area (Å²) in [7, 11) is -1.34. The average molecular weight is 302 g/mol. The van der Waals surface area contributed by atoms with Gasteiger partial charge in [0.15, 0.2) is 0 Å². The maximum absolute atomic E-state index is 11.8. The normalized spacial score (nSPS) is 16.5. The van der Waals surface area contributed by atoms with Crippen LogP contribution in [0.5, 0.6) is 0 Å². The van der Waals surface area contributed by atoms with E-state index in [-0.39, 0.29) is 22.4 Å². The lowest BCUT2D eigenvalue weighted by molar-refractivity contribution is -0.127. The molecule has 0 aromatic carbocycles. The van der Waals surface area contributed by atoms with Crippen molar-refractivity contribution in [2.24, 2.45) is 0 Å². The monoisotopic (exact) mass is 302 g/mol. The molecule has 0 radical (unpaired) electrons. The summed E-state index contributed by atoms with van der Waals surface area (Å²) in [4.78, 5) is 28.0. The van der Waals surface area contributed by atoms with Crippen molar-refractivity contribution in [2.75, 3.05) is 18.8 Å². The fourth-order valence-corrected chi connectivity index (χ4v) is 3.68. The molecule has 1 fully saturated rings. The number of rotatable bonds is 5. The van der Waals surface area contributed by atoms with Gasteiger partial charge in [0.2, 0.25) is 10.9 Å². The molecule has 1 aliphatic rings. The van der Waals surface area contributed by atoms with Crippen molar-refractivity contribution in [1.29, 1.82) is 0 Å². The van der Waals surface area contributed by atoms with Crippen LogP contribution in [-0.2, 0) is 21.3 Å². The third-order valence-electron chi connectivity index (χ3n) is 2.79. The summed E-state index contributed by atoms with van der Waals surface area (Å²) < 4.78 is 11.8. The number of aromatic nitrogens is 1. The summed E-state index contributed by atoms with van der Waals surface area (Å²) in [6.07, 6.45) is 2.01. The molecule has 0 spiro atoms. The van der Waals surface area contributed by atoms with E-state index in [1.807, 2.05) is 0 Å². The van der Waals surface area contributed by atoms with E-state index in [1.165, 1.54) is 0 Å². The van der Waals surface area contributed by atoms with Gasteiger partial charge in [-0.3, -0.25) is 9.00 Å². The van der Waals surface area contributed by atoms with Crippen LogP contribution < -0.4 is 0 Å². The molecule has 6 nitrogen and oxygen atoms in total. The van der Waals surface area contributed by atoms with Crippen LogP contribution in [0.4, 0.5) is 0 Å². The van der Waals surface area contributed by atoms with Crippen molar-refractivity contribution in [3.8, 4) is 0 Å². The largest absolute Gasteiger partial charge is 0.476 e. The maximum Gasteiger partial charge on any atom is 0.365 e. The number of carbonyl (C=O) groups is 2. The molecule has 1 saturated heterocycles. The Morgan fingerprint density at radius 1 is 1.42 bits per heavy atom. The lowest BCUT2D eigenvalue weighted by atomic mass is 10.4. The summed E-state index contributed by atoms with van der Waals surface area (Å²) in [5.74, 6) is -1.07. The Morgan fingerprint density at radius 2 is 2.11 bits per heavy atom. The van der Waals surface area contributed by atoms with Crippen molar-refractivity contribution < 1.29 is 18.9 Å². The Balaban J connectivity index is 1.86. The fourth-order valence-electron chi connectivity index (χ4n) is 1.88. The number of hydrogen-bond acceptors (Lipinski definition) is 5. The predicted molar refractivity (Wildman–Crippen MR) is 71.6 cm³/mol. The molecule has 1 aliphatic heterocycles. The zero-order valence-corrected chi connectivity index (χ0v) is 11.8. The molecule has 0 bridgehead atoms. The first kappa shape index (κ1) is 14.1. The zero-order valence-electron chi connectivity index (χ0n) is 10.2. The van der Waals surface area contributed by atoms with Gasteiger partial charge in [0.1, 0.15) is 5.75 Å². The minimum Gasteiger partial charge on any atom is -0.476 e. The molecule has 8 heteroatoms. The Morgan fingerprint density at radius 3 is 2.68 bits per heavy atom. The SMILES string of the molecule is O=C(O)c1nc(CS(=O)CC(=O)N2CCCC2)cs1. The van der Waals surface area contributed by atoms with E-state index in [9.17, 15) is 13.8 Å². The quantitative estimate of drug-likeness (QED) is 0.865. The fraction of sp³-hybridized carbons (Fsp3) is 0.545. The number of nitrogens with zero attached hydrogens (tertiary/aromatic N) is 2. The van der Waals surface area contributed by atoms with Crippen LogP contribution in [0.1, 0.15) is 28.3 Å². The van der Waals surface area contributed by atoms with E-state index in [0.717, 1.165) is 37.3 Å². The smallest absolute Gasteiger partial charge is 0.365 e. The van der Waals surface area contributed by atoms with Gasteiger partial charge >= 0.3 is 5.97 Å². The molecular formula is C11H14N2O4S2. The molecule has 1 amide bonds. The van der Waals surface area contributed by atoms with Gasteiger partial charge in [-0.05, 0) is 12.8 Å². The molecule has 1 aromatic rings. The van der Waals surface area contributed by atoms with E-state index >= 15 is 0 Å². The second-order valence-corrected chi connectivity index (χ2v) is 6.58. The maximum atomic E-state index is 11.8. The van der Waals surface area contributed by atoms with E-state index in [2.05, 4.69) is 4.98 Å². The van der Waals surface area contributed by atoms with E-state index in [4.69, 9.17) is 5.11 Å². The Labute approximate surface area is 116 Å². The zero-order chi connectivity index (χ0) is 13.8. The minimum absolute atomic E-state index is 0.0140. The van der Waals surface area contributed by atoms with Crippen LogP contribution >= 0.6 is 11.3 Å². The van der Waals surface area contributed by atoms with Gasteiger partial charge in [-0.15, -0.1) is 11.3 Å². The highest BCUT2D eigenvalue weighted by molar-refractivity contribution is 7.84. The predicted octanol–water partition coefficient (Wildman–Crippen LogP) is 0.712. The lowest BCUT2D eigenvalue weighted by Crippen LogP contribution is -2.32. The van der Waals surface area contributed by atoms with E-state index < -0.39 is 16.8 Å². The van der Waals surface area contributed by atoms with Gasteiger partial charge < -0.3 is 10.0 Å². The van der Waals surface area contributed by atoms with Gasteiger partial charge in [0, 0.05) is 29.3 Å². The summed E-state index contributed by atoms with van der Waals surface area (Å²) in [6.45, 7) is 1.49. The molecular weight excluding hydrogens is 288 g/mol. The highest BCUT2D eigenvalue weighted by Crippen LogP contribution is 2.12. The molecule has 104 valence electrons. The number of hydrogen-bond donors (Lipinski definition) is 1. The van der Waals surface area contributed by atoms with Crippen LogP contribution in [0.2, 0.25) is 0 Å². The van der Waals surface area contributed by atoms with Crippen LogP contribution in [0.15, 0.2) is 5.38 Å². The highest BCUT2D eigenvalue weighted by atomic mass is 32.2. The summed E-state index contributed by atoms with van der Waals surface area (Å²) >= 11 is 1.00. The topological polar surface area (TPSA) is 87.6 Å². The number of carboxylic acids is 1. The van der Waals surface area contributed by atoms with Crippen molar-refractivity contribution in [3.63, 3.8) is 0 Å². The van der Waals surface area contributed by atoms with Crippen molar-refractivity contribution in [1.82, 2.24) is 9.88 Å². The van der Waals surface area contributed by atoms with E-state index in [0.29, 0.717) is 5.69 Å². The second-order valence-electron chi connectivity index (χ2n) is 4.27. The molecule has 19 heavy (non-hydrogen) atoms. The van der Waals surface area contributed by atoms with E-state index in [1.54, 1.807) is 10.3 Å². The van der Waals surface area contributed by atoms with Crippen LogP contribution in [0.3, 0.4) is 0 Å². The van der Waals surface area contributed by atoms with Crippen LogP contribution in [0, 0.1) is 0 Å². The van der Waals surface area contributed by atoms with Crippen LogP contribution in [0.25, 0.3) is 0 Å². The van der Waals surface area contributed by atoms with Crippen LogP contribution in [-0.4, -0.2) is 49.9 Å². The molecule has 0 aliphatic carbocycles. The number of likely N-dealkylation sites (tertiary alicyclic amines) is 1. The molecule has 0 saturated carbocycles. The molecule has 2 heterocycles. The third kappa shape index (κ3) is 3.84. The summed E-state index contributed by atoms with van der Waals surface area (Å²) in [6, 6.07) is 0. The van der Waals surface area contributed by atoms with Crippen molar-refractivity contribution >= 4 is 34.0 Å². The molecule has 1 aromatic heterocycles. The number of amides is 1. The molecule has 1 N–H and O–H groups in total. The molecule has 1 unspecified atom stereocenters. The summed E-state index contributed by atoms with van der Waals surface area (Å²) in [5, 5.41) is 10.3.